The van der Waals surface area contributed by atoms with E-state index in [1.807, 2.05) is 31.2 Å². The molecule has 0 atom stereocenters. The predicted molar refractivity (Wildman–Crippen MR) is 98.8 cm³/mol. The molecular weight excluding hydrogens is 336 g/mol. The molecule has 0 amide bonds. The molecule has 2 heterocycles. The summed E-state index contributed by atoms with van der Waals surface area (Å²) in [5, 5.41) is 0. The zero-order valence-corrected chi connectivity index (χ0v) is 15.2. The van der Waals surface area contributed by atoms with Crippen molar-refractivity contribution < 1.29 is 8.42 Å². The average Bonchev–Trinajstić information content (AvgIpc) is 2.61. The van der Waals surface area contributed by atoms with Crippen LogP contribution >= 0.6 is 0 Å². The van der Waals surface area contributed by atoms with E-state index in [-0.39, 0.29) is 5.75 Å². The van der Waals surface area contributed by atoms with E-state index in [2.05, 4.69) is 19.6 Å². The second-order valence-corrected chi connectivity index (χ2v) is 8.40. The number of piperidine rings is 1. The highest BCUT2D eigenvalue weighted by molar-refractivity contribution is 7.88. The molecule has 0 radical (unpaired) electrons. The normalized spacial score (nSPS) is 16.1. The Morgan fingerprint density at radius 3 is 2.72 bits per heavy atom. The molecule has 1 fully saturated rings. The number of anilines is 1. The van der Waals surface area contributed by atoms with Gasteiger partial charge in [0.1, 0.15) is 5.82 Å². The summed E-state index contributed by atoms with van der Waals surface area (Å²) in [6, 6.07) is 7.63. The summed E-state index contributed by atoms with van der Waals surface area (Å²) in [6.45, 7) is 4.23. The predicted octanol–water partition coefficient (Wildman–Crippen LogP) is 2.12. The molecule has 0 bridgehead atoms. The summed E-state index contributed by atoms with van der Waals surface area (Å²) >= 11 is 0. The third-order valence-corrected chi connectivity index (χ3v) is 5.84. The van der Waals surface area contributed by atoms with Crippen LogP contribution in [0.3, 0.4) is 0 Å². The Labute approximate surface area is 149 Å². The first-order chi connectivity index (χ1) is 12.0. The zero-order valence-electron chi connectivity index (χ0n) is 14.4. The lowest BCUT2D eigenvalue weighted by molar-refractivity contribution is 0.400. The number of hydrogen-bond acceptors (Lipinski definition) is 5. The van der Waals surface area contributed by atoms with Crippen LogP contribution in [0.1, 0.15) is 24.0 Å². The van der Waals surface area contributed by atoms with Crippen LogP contribution in [-0.4, -0.2) is 38.0 Å². The van der Waals surface area contributed by atoms with Gasteiger partial charge in [0.05, 0.1) is 11.9 Å². The van der Waals surface area contributed by atoms with Crippen molar-refractivity contribution in [3.05, 3.63) is 54.0 Å². The second-order valence-electron chi connectivity index (χ2n) is 6.59. The third kappa shape index (κ3) is 5.24. The van der Waals surface area contributed by atoms with Gasteiger partial charge < -0.3 is 4.90 Å². The van der Waals surface area contributed by atoms with Crippen LogP contribution in [0.15, 0.2) is 42.9 Å². The Morgan fingerprint density at radius 2 is 2.04 bits per heavy atom. The van der Waals surface area contributed by atoms with E-state index >= 15 is 0 Å². The van der Waals surface area contributed by atoms with Crippen LogP contribution in [0.2, 0.25) is 0 Å². The number of hydrogen-bond donors (Lipinski definition) is 1. The van der Waals surface area contributed by atoms with Gasteiger partial charge >= 0.3 is 0 Å². The van der Waals surface area contributed by atoms with Gasteiger partial charge in [-0.15, -0.1) is 0 Å². The van der Waals surface area contributed by atoms with E-state index < -0.39 is 10.0 Å². The Bertz CT molecular complexity index is 788. The van der Waals surface area contributed by atoms with E-state index in [0.717, 1.165) is 42.9 Å². The maximum Gasteiger partial charge on any atom is 0.215 e. The molecule has 1 saturated heterocycles. The summed E-state index contributed by atoms with van der Waals surface area (Å²) in [7, 11) is -3.30. The number of nitrogens with zero attached hydrogens (tertiary/aromatic N) is 3. The molecule has 0 saturated carbocycles. The smallest absolute Gasteiger partial charge is 0.215 e. The van der Waals surface area contributed by atoms with Crippen molar-refractivity contribution >= 4 is 15.8 Å². The lowest BCUT2D eigenvalue weighted by Crippen LogP contribution is -2.39. The number of rotatable bonds is 6. The average molecular weight is 360 g/mol. The minimum absolute atomic E-state index is 0.0349. The van der Waals surface area contributed by atoms with Gasteiger partial charge in [0.15, 0.2) is 0 Å². The summed E-state index contributed by atoms with van der Waals surface area (Å²) in [5.74, 6) is 1.29. The van der Waals surface area contributed by atoms with Crippen molar-refractivity contribution in [1.29, 1.82) is 0 Å². The Hall–Kier alpha value is -1.99. The standard InChI is InChI=1S/C18H24N4O2S/c1-15-3-2-4-17(11-15)14-25(23,24)21-12-16-5-9-22(10-6-16)18-13-19-7-8-20-18/h2-4,7-8,11,13,16,21H,5-6,9-10,12,14H2,1H3. The van der Waals surface area contributed by atoms with Crippen molar-refractivity contribution in [2.24, 2.45) is 5.92 Å². The SMILES string of the molecule is Cc1cccc(CS(=O)(=O)NCC2CCN(c3cnccn3)CC2)c1. The molecule has 1 aromatic heterocycles. The lowest BCUT2D eigenvalue weighted by atomic mass is 9.97. The third-order valence-electron chi connectivity index (χ3n) is 4.52. The van der Waals surface area contributed by atoms with Crippen molar-refractivity contribution in [1.82, 2.24) is 14.7 Å². The van der Waals surface area contributed by atoms with Crippen LogP contribution in [0.25, 0.3) is 0 Å². The molecule has 7 heteroatoms. The molecule has 1 aliphatic heterocycles. The molecule has 134 valence electrons. The van der Waals surface area contributed by atoms with E-state index in [4.69, 9.17) is 0 Å². The molecule has 1 aromatic carbocycles. The number of aryl methyl sites for hydroxylation is 1. The maximum absolute atomic E-state index is 12.3. The van der Waals surface area contributed by atoms with Gasteiger partial charge in [0.2, 0.25) is 10.0 Å². The van der Waals surface area contributed by atoms with E-state index in [1.54, 1.807) is 18.6 Å². The minimum Gasteiger partial charge on any atom is -0.355 e. The van der Waals surface area contributed by atoms with Crippen molar-refractivity contribution in [2.75, 3.05) is 24.5 Å². The molecule has 3 rings (SSSR count). The van der Waals surface area contributed by atoms with Gasteiger partial charge in [-0.2, -0.15) is 0 Å². The Balaban J connectivity index is 1.47. The van der Waals surface area contributed by atoms with Crippen LogP contribution in [-0.2, 0) is 15.8 Å². The first kappa shape index (κ1) is 17.8. The van der Waals surface area contributed by atoms with Gasteiger partial charge in [0, 0.05) is 32.0 Å². The van der Waals surface area contributed by atoms with Crippen molar-refractivity contribution in [3.63, 3.8) is 0 Å². The monoisotopic (exact) mass is 360 g/mol. The van der Waals surface area contributed by atoms with E-state index in [9.17, 15) is 8.42 Å². The van der Waals surface area contributed by atoms with E-state index in [0.29, 0.717) is 12.5 Å². The molecule has 1 aliphatic rings. The molecule has 6 nitrogen and oxygen atoms in total. The van der Waals surface area contributed by atoms with Crippen molar-refractivity contribution in [3.8, 4) is 0 Å². The Kier molecular flexibility index (Phi) is 5.65. The number of nitrogens with one attached hydrogen (secondary N) is 1. The summed E-state index contributed by atoms with van der Waals surface area (Å²) in [6.07, 6.45) is 7.03. The minimum atomic E-state index is -3.30. The number of sulfonamides is 1. The quantitative estimate of drug-likeness (QED) is 0.854. The fraction of sp³-hybridized carbons (Fsp3) is 0.444. The van der Waals surface area contributed by atoms with Crippen molar-refractivity contribution in [2.45, 2.75) is 25.5 Å². The Morgan fingerprint density at radius 1 is 1.24 bits per heavy atom. The number of aromatic nitrogens is 2. The largest absolute Gasteiger partial charge is 0.355 e. The summed E-state index contributed by atoms with van der Waals surface area (Å²) in [4.78, 5) is 10.6. The van der Waals surface area contributed by atoms with Gasteiger partial charge in [-0.05, 0) is 31.2 Å². The highest BCUT2D eigenvalue weighted by Gasteiger charge is 2.22. The van der Waals surface area contributed by atoms with Gasteiger partial charge in [-0.3, -0.25) is 4.98 Å². The fourth-order valence-electron chi connectivity index (χ4n) is 3.14. The van der Waals surface area contributed by atoms with Gasteiger partial charge in [0.25, 0.3) is 0 Å². The first-order valence-electron chi connectivity index (χ1n) is 8.56. The molecule has 2 aromatic rings. The summed E-state index contributed by atoms with van der Waals surface area (Å²) in [5.41, 5.74) is 1.90. The molecule has 0 unspecified atom stereocenters. The fourth-order valence-corrected chi connectivity index (χ4v) is 4.35. The summed E-state index contributed by atoms with van der Waals surface area (Å²) < 4.78 is 27.4. The van der Waals surface area contributed by atoms with Crippen LogP contribution in [0.5, 0.6) is 0 Å². The highest BCUT2D eigenvalue weighted by atomic mass is 32.2. The molecule has 1 N–H and O–H groups in total. The van der Waals surface area contributed by atoms with Gasteiger partial charge in [-0.25, -0.2) is 18.1 Å². The second kappa shape index (κ2) is 7.93. The molecule has 0 spiro atoms. The lowest BCUT2D eigenvalue weighted by Gasteiger charge is -2.32. The van der Waals surface area contributed by atoms with Crippen LogP contribution in [0.4, 0.5) is 5.82 Å². The van der Waals surface area contributed by atoms with Gasteiger partial charge in [-0.1, -0.05) is 29.8 Å². The van der Waals surface area contributed by atoms with Crippen LogP contribution < -0.4 is 9.62 Å². The topological polar surface area (TPSA) is 75.2 Å². The van der Waals surface area contributed by atoms with E-state index in [1.165, 1.54) is 0 Å². The molecule has 0 aliphatic carbocycles. The zero-order chi connectivity index (χ0) is 17.7. The highest BCUT2D eigenvalue weighted by Crippen LogP contribution is 2.20. The molecular formula is C18H24N4O2S. The molecule has 25 heavy (non-hydrogen) atoms. The first-order valence-corrected chi connectivity index (χ1v) is 10.2. The maximum atomic E-state index is 12.3. The van der Waals surface area contributed by atoms with Crippen LogP contribution in [0, 0.1) is 12.8 Å². The number of benzene rings is 1.